The van der Waals surface area contributed by atoms with E-state index in [1.807, 2.05) is 0 Å². The Morgan fingerprint density at radius 3 is 2.27 bits per heavy atom. The average Bonchev–Trinajstić information content (AvgIpc) is 3.36. The molecule has 0 atom stereocenters. The van der Waals surface area contributed by atoms with E-state index in [0.29, 0.717) is 33.5 Å². The number of carbonyl (C=O) groups is 3. The molecular weight excluding hydrogens is 572 g/mol. The van der Waals surface area contributed by atoms with E-state index in [1.165, 1.54) is 73.8 Å². The summed E-state index contributed by atoms with van der Waals surface area (Å²) >= 11 is 1.26. The minimum absolute atomic E-state index is 0.0459. The van der Waals surface area contributed by atoms with E-state index in [1.54, 1.807) is 25.3 Å². The molecule has 0 saturated heterocycles. The van der Waals surface area contributed by atoms with Gasteiger partial charge in [0.2, 0.25) is 5.91 Å². The molecule has 12 nitrogen and oxygen atoms in total. The van der Waals surface area contributed by atoms with Gasteiger partial charge in [-0.05, 0) is 66.7 Å². The molecule has 3 aromatic carbocycles. The van der Waals surface area contributed by atoms with Crippen molar-refractivity contribution in [2.45, 2.75) is 11.8 Å². The zero-order valence-corrected chi connectivity index (χ0v) is 23.9. The number of benzene rings is 3. The van der Waals surface area contributed by atoms with Crippen LogP contribution in [0, 0.1) is 0 Å². The van der Waals surface area contributed by atoms with Crippen LogP contribution >= 0.6 is 11.3 Å². The molecule has 0 spiro atoms. The van der Waals surface area contributed by atoms with Crippen LogP contribution in [0.4, 0.5) is 16.5 Å². The summed E-state index contributed by atoms with van der Waals surface area (Å²) in [6.45, 7) is 0.384. The molecule has 14 heteroatoms. The minimum atomic E-state index is -3.87. The summed E-state index contributed by atoms with van der Waals surface area (Å²) in [5.41, 5.74) is 1.54. The average molecular weight is 599 g/mol. The molecule has 4 aromatic rings. The van der Waals surface area contributed by atoms with E-state index in [4.69, 9.17) is 14.2 Å². The zero-order valence-electron chi connectivity index (χ0n) is 22.2. The Morgan fingerprint density at radius 1 is 0.927 bits per heavy atom. The number of thiazole rings is 1. The fourth-order valence-electron chi connectivity index (χ4n) is 3.53. The van der Waals surface area contributed by atoms with Crippen LogP contribution in [0.25, 0.3) is 10.2 Å². The van der Waals surface area contributed by atoms with E-state index in [0.717, 1.165) is 9.01 Å². The van der Waals surface area contributed by atoms with E-state index in [2.05, 4.69) is 15.6 Å². The fourth-order valence-corrected chi connectivity index (χ4v) is 5.64. The topological polar surface area (TPSA) is 153 Å². The first kappa shape index (κ1) is 29.3. The normalized spacial score (nSPS) is 11.0. The number of carbonyl (C=O) groups excluding carboxylic acids is 3. The van der Waals surface area contributed by atoms with Gasteiger partial charge in [0.1, 0.15) is 11.5 Å². The predicted octanol–water partition coefficient (Wildman–Crippen LogP) is 3.65. The quantitative estimate of drug-likeness (QED) is 0.246. The number of hydrogen-bond acceptors (Lipinski definition) is 10. The summed E-state index contributed by atoms with van der Waals surface area (Å²) in [5.74, 6) is -0.610. The SMILES string of the molecule is COc1ccc2nc(NC(=O)COC(=O)COc3ccc(N(C)S(=O)(=O)c4ccc(NC(C)=O)cc4)cc3)sc2c1. The van der Waals surface area contributed by atoms with Gasteiger partial charge < -0.3 is 19.5 Å². The molecule has 0 aliphatic carbocycles. The van der Waals surface area contributed by atoms with Gasteiger partial charge in [0.05, 0.1) is 27.9 Å². The third kappa shape index (κ3) is 7.49. The lowest BCUT2D eigenvalue weighted by Gasteiger charge is -2.20. The molecule has 0 aliphatic heterocycles. The number of rotatable bonds is 11. The molecule has 0 saturated carbocycles. The number of esters is 1. The number of nitrogens with one attached hydrogen (secondary N) is 2. The van der Waals surface area contributed by atoms with E-state index < -0.39 is 35.1 Å². The molecule has 0 unspecified atom stereocenters. The maximum atomic E-state index is 13.0. The highest BCUT2D eigenvalue weighted by Crippen LogP contribution is 2.29. The highest BCUT2D eigenvalue weighted by atomic mass is 32.2. The van der Waals surface area contributed by atoms with Crippen LogP contribution < -0.4 is 24.4 Å². The van der Waals surface area contributed by atoms with Crippen LogP contribution in [0.15, 0.2) is 71.6 Å². The lowest BCUT2D eigenvalue weighted by atomic mass is 10.3. The van der Waals surface area contributed by atoms with Gasteiger partial charge >= 0.3 is 5.97 Å². The second kappa shape index (κ2) is 12.7. The van der Waals surface area contributed by atoms with Crippen molar-refractivity contribution in [3.05, 3.63) is 66.7 Å². The lowest BCUT2D eigenvalue weighted by Crippen LogP contribution is -2.26. The van der Waals surface area contributed by atoms with Crippen LogP contribution in [0.5, 0.6) is 11.5 Å². The van der Waals surface area contributed by atoms with Crippen molar-refractivity contribution in [3.63, 3.8) is 0 Å². The first-order chi connectivity index (χ1) is 19.5. The largest absolute Gasteiger partial charge is 0.497 e. The number of methoxy groups -OCH3 is 1. The van der Waals surface area contributed by atoms with Crippen molar-refractivity contribution in [1.29, 1.82) is 0 Å². The van der Waals surface area contributed by atoms with Gasteiger partial charge in [-0.1, -0.05) is 11.3 Å². The standard InChI is InChI=1S/C27H26N4O8S2/c1-17(32)28-18-4-11-22(12-5-18)41(35,36)31(2)19-6-8-20(9-7-19)38-16-26(34)39-15-25(33)30-27-29-23-13-10-21(37-3)14-24(23)40-27/h4-14H,15-16H2,1-3H3,(H,28,32)(H,29,30,33). The number of ether oxygens (including phenoxy) is 3. The van der Waals surface area contributed by atoms with Gasteiger partial charge in [0.25, 0.3) is 15.9 Å². The van der Waals surface area contributed by atoms with E-state index in [9.17, 15) is 22.8 Å². The molecule has 0 aliphatic rings. The van der Waals surface area contributed by atoms with Crippen molar-refractivity contribution >= 4 is 65.9 Å². The van der Waals surface area contributed by atoms with Gasteiger partial charge in [-0.15, -0.1) is 0 Å². The minimum Gasteiger partial charge on any atom is -0.497 e. The number of fused-ring (bicyclic) bond motifs is 1. The summed E-state index contributed by atoms with van der Waals surface area (Å²) in [6, 6.07) is 17.2. The predicted molar refractivity (Wildman–Crippen MR) is 154 cm³/mol. The third-order valence-electron chi connectivity index (χ3n) is 5.60. The summed E-state index contributed by atoms with van der Waals surface area (Å²) in [5, 5.41) is 5.53. The monoisotopic (exact) mass is 598 g/mol. The Balaban J connectivity index is 1.25. The summed E-state index contributed by atoms with van der Waals surface area (Å²) in [7, 11) is -0.904. The molecule has 0 fully saturated rings. The molecule has 1 heterocycles. The van der Waals surface area contributed by atoms with Crippen molar-refractivity contribution < 1.29 is 37.0 Å². The van der Waals surface area contributed by atoms with Crippen molar-refractivity contribution in [1.82, 2.24) is 4.98 Å². The number of amides is 2. The lowest BCUT2D eigenvalue weighted by molar-refractivity contribution is -0.149. The maximum absolute atomic E-state index is 13.0. The molecule has 0 radical (unpaired) electrons. The molecule has 41 heavy (non-hydrogen) atoms. The van der Waals surface area contributed by atoms with Crippen LogP contribution in [-0.4, -0.2) is 58.6 Å². The molecule has 214 valence electrons. The Morgan fingerprint density at radius 2 is 1.61 bits per heavy atom. The first-order valence-electron chi connectivity index (χ1n) is 12.0. The molecule has 1 aromatic heterocycles. The van der Waals surface area contributed by atoms with E-state index in [-0.39, 0.29) is 10.8 Å². The first-order valence-corrected chi connectivity index (χ1v) is 14.3. The van der Waals surface area contributed by atoms with Crippen molar-refractivity contribution in [2.75, 3.05) is 42.3 Å². The van der Waals surface area contributed by atoms with Gasteiger partial charge in [-0.25, -0.2) is 18.2 Å². The van der Waals surface area contributed by atoms with Gasteiger partial charge in [0.15, 0.2) is 18.3 Å². The second-order valence-electron chi connectivity index (χ2n) is 8.52. The molecule has 2 N–H and O–H groups in total. The number of nitrogens with zero attached hydrogens (tertiary/aromatic N) is 2. The number of sulfonamides is 1. The highest BCUT2D eigenvalue weighted by Gasteiger charge is 2.21. The molecular formula is C27H26N4O8S2. The number of anilines is 3. The van der Waals surface area contributed by atoms with Gasteiger partial charge in [-0.3, -0.25) is 19.2 Å². The molecule has 2 amide bonds. The second-order valence-corrected chi connectivity index (χ2v) is 11.5. The number of hydrogen-bond donors (Lipinski definition) is 2. The fraction of sp³-hybridized carbons (Fsp3) is 0.185. The summed E-state index contributed by atoms with van der Waals surface area (Å²) < 4.78 is 43.4. The van der Waals surface area contributed by atoms with Crippen LogP contribution in [0.3, 0.4) is 0 Å². The van der Waals surface area contributed by atoms with Gasteiger partial charge in [-0.2, -0.15) is 0 Å². The van der Waals surface area contributed by atoms with Crippen LogP contribution in [0.2, 0.25) is 0 Å². The van der Waals surface area contributed by atoms with Crippen LogP contribution in [-0.2, 0) is 29.1 Å². The Labute approximate surface area is 239 Å². The van der Waals surface area contributed by atoms with Crippen molar-refractivity contribution in [3.8, 4) is 11.5 Å². The molecule has 0 bridgehead atoms. The Hall–Kier alpha value is -4.69. The summed E-state index contributed by atoms with van der Waals surface area (Å²) in [4.78, 5) is 39.8. The summed E-state index contributed by atoms with van der Waals surface area (Å²) in [6.07, 6.45) is 0. The maximum Gasteiger partial charge on any atom is 0.344 e. The van der Waals surface area contributed by atoms with Crippen molar-refractivity contribution in [2.24, 2.45) is 0 Å². The van der Waals surface area contributed by atoms with E-state index >= 15 is 0 Å². The van der Waals surface area contributed by atoms with Gasteiger partial charge in [0, 0.05) is 19.7 Å². The zero-order chi connectivity index (χ0) is 29.6. The Bertz CT molecular complexity index is 1670. The third-order valence-corrected chi connectivity index (χ3v) is 8.33. The van der Waals surface area contributed by atoms with Crippen LogP contribution in [0.1, 0.15) is 6.92 Å². The smallest absolute Gasteiger partial charge is 0.344 e. The molecule has 4 rings (SSSR count). The Kier molecular flexibility index (Phi) is 9.04. The number of aromatic nitrogens is 1. The highest BCUT2D eigenvalue weighted by molar-refractivity contribution is 7.92.